The Labute approximate surface area is 168 Å². The minimum absolute atomic E-state index is 0.183. The Hall–Kier alpha value is -3.55. The number of benzene rings is 1. The van der Waals surface area contributed by atoms with E-state index in [0.29, 0.717) is 23.7 Å². The zero-order valence-electron chi connectivity index (χ0n) is 16.6. The van der Waals surface area contributed by atoms with Crippen LogP contribution in [0.2, 0.25) is 0 Å². The van der Waals surface area contributed by atoms with Crippen molar-refractivity contribution in [1.29, 1.82) is 0 Å². The average molecular weight is 396 g/mol. The van der Waals surface area contributed by atoms with Crippen molar-refractivity contribution >= 4 is 17.5 Å². The van der Waals surface area contributed by atoms with Gasteiger partial charge in [0, 0.05) is 6.20 Å². The summed E-state index contributed by atoms with van der Waals surface area (Å²) in [7, 11) is 1.58. The Balaban J connectivity index is 1.59. The Kier molecular flexibility index (Phi) is 6.01. The SMILES string of the molecule is COc1cccc(CC(=O)Nc2cnn(C(C)(C)C(=O)NCc3ccco3)c2)c1. The molecule has 0 radical (unpaired) electrons. The van der Waals surface area contributed by atoms with Gasteiger partial charge < -0.3 is 19.8 Å². The van der Waals surface area contributed by atoms with Crippen LogP contribution < -0.4 is 15.4 Å². The molecule has 0 spiro atoms. The fourth-order valence-electron chi connectivity index (χ4n) is 2.77. The molecule has 29 heavy (non-hydrogen) atoms. The number of carbonyl (C=O) groups is 2. The molecule has 8 nitrogen and oxygen atoms in total. The Morgan fingerprint density at radius 1 is 1.24 bits per heavy atom. The highest BCUT2D eigenvalue weighted by atomic mass is 16.5. The van der Waals surface area contributed by atoms with Crippen LogP contribution in [-0.4, -0.2) is 28.7 Å². The van der Waals surface area contributed by atoms with Gasteiger partial charge in [-0.1, -0.05) is 12.1 Å². The molecule has 2 N–H and O–H groups in total. The number of nitrogens with one attached hydrogen (secondary N) is 2. The summed E-state index contributed by atoms with van der Waals surface area (Å²) in [5.74, 6) is 0.967. The zero-order chi connectivity index (χ0) is 20.9. The molecule has 0 saturated carbocycles. The van der Waals surface area contributed by atoms with Crippen molar-refractivity contribution < 1.29 is 18.7 Å². The molecule has 1 aromatic carbocycles. The third-order valence-corrected chi connectivity index (χ3v) is 4.50. The number of carbonyl (C=O) groups excluding carboxylic acids is 2. The highest BCUT2D eigenvalue weighted by molar-refractivity contribution is 5.92. The molecule has 0 atom stereocenters. The fourth-order valence-corrected chi connectivity index (χ4v) is 2.77. The van der Waals surface area contributed by atoms with Crippen LogP contribution in [0.3, 0.4) is 0 Å². The third kappa shape index (κ3) is 5.04. The first-order valence-electron chi connectivity index (χ1n) is 9.17. The minimum Gasteiger partial charge on any atom is -0.497 e. The van der Waals surface area contributed by atoms with E-state index in [2.05, 4.69) is 15.7 Å². The Bertz CT molecular complexity index is 976. The van der Waals surface area contributed by atoms with Crippen molar-refractivity contribution in [1.82, 2.24) is 15.1 Å². The second kappa shape index (κ2) is 8.64. The van der Waals surface area contributed by atoms with Crippen LogP contribution in [0, 0.1) is 0 Å². The highest BCUT2D eigenvalue weighted by Crippen LogP contribution is 2.19. The van der Waals surface area contributed by atoms with Gasteiger partial charge in [0.2, 0.25) is 11.8 Å². The smallest absolute Gasteiger partial charge is 0.247 e. The van der Waals surface area contributed by atoms with Crippen LogP contribution in [0.1, 0.15) is 25.2 Å². The normalized spacial score (nSPS) is 11.1. The van der Waals surface area contributed by atoms with Gasteiger partial charge in [-0.2, -0.15) is 5.10 Å². The average Bonchev–Trinajstić information content (AvgIpc) is 3.38. The summed E-state index contributed by atoms with van der Waals surface area (Å²) < 4.78 is 11.9. The van der Waals surface area contributed by atoms with Gasteiger partial charge in [0.05, 0.1) is 38.2 Å². The summed E-state index contributed by atoms with van der Waals surface area (Å²) >= 11 is 0. The number of aromatic nitrogens is 2. The Morgan fingerprint density at radius 2 is 2.07 bits per heavy atom. The molecule has 152 valence electrons. The lowest BCUT2D eigenvalue weighted by Crippen LogP contribution is -2.44. The van der Waals surface area contributed by atoms with E-state index in [1.54, 1.807) is 45.6 Å². The number of rotatable bonds is 8. The van der Waals surface area contributed by atoms with Crippen molar-refractivity contribution in [3.05, 3.63) is 66.4 Å². The number of ether oxygens (including phenoxy) is 1. The van der Waals surface area contributed by atoms with Crippen molar-refractivity contribution in [2.75, 3.05) is 12.4 Å². The summed E-state index contributed by atoms with van der Waals surface area (Å²) in [4.78, 5) is 24.9. The van der Waals surface area contributed by atoms with Crippen LogP contribution in [0.25, 0.3) is 0 Å². The fraction of sp³-hybridized carbons (Fsp3) is 0.286. The summed E-state index contributed by atoms with van der Waals surface area (Å²) in [5, 5.41) is 9.87. The monoisotopic (exact) mass is 396 g/mol. The summed E-state index contributed by atoms with van der Waals surface area (Å²) in [6.07, 6.45) is 4.91. The molecule has 2 heterocycles. The van der Waals surface area contributed by atoms with Gasteiger partial charge in [0.1, 0.15) is 17.0 Å². The van der Waals surface area contributed by atoms with Crippen LogP contribution in [0.4, 0.5) is 5.69 Å². The Morgan fingerprint density at radius 3 is 2.79 bits per heavy atom. The van der Waals surface area contributed by atoms with E-state index in [0.717, 1.165) is 5.56 Å². The van der Waals surface area contributed by atoms with Gasteiger partial charge in [0.15, 0.2) is 0 Å². The standard InChI is InChI=1S/C21H24N4O4/c1-21(2,20(27)22-13-18-8-5-9-29-18)25-14-16(12-23-25)24-19(26)11-15-6-4-7-17(10-15)28-3/h4-10,12,14H,11,13H2,1-3H3,(H,22,27)(H,24,26). The van der Waals surface area contributed by atoms with E-state index in [-0.39, 0.29) is 18.2 Å². The first kappa shape index (κ1) is 20.2. The van der Waals surface area contributed by atoms with E-state index in [9.17, 15) is 9.59 Å². The summed E-state index contributed by atoms with van der Waals surface area (Å²) in [5.41, 5.74) is 0.416. The lowest BCUT2D eigenvalue weighted by molar-refractivity contribution is -0.129. The lowest BCUT2D eigenvalue weighted by atomic mass is 10.1. The molecule has 0 bridgehead atoms. The van der Waals surface area contributed by atoms with Crippen molar-refractivity contribution in [2.24, 2.45) is 0 Å². The molecule has 0 aliphatic heterocycles. The van der Waals surface area contributed by atoms with Gasteiger partial charge in [-0.3, -0.25) is 14.3 Å². The number of nitrogens with zero attached hydrogens (tertiary/aromatic N) is 2. The molecule has 3 rings (SSSR count). The van der Waals surface area contributed by atoms with Gasteiger partial charge in [-0.15, -0.1) is 0 Å². The second-order valence-electron chi connectivity index (χ2n) is 7.07. The maximum absolute atomic E-state index is 12.6. The molecule has 2 amide bonds. The first-order chi connectivity index (χ1) is 13.9. The summed E-state index contributed by atoms with van der Waals surface area (Å²) in [6, 6.07) is 10.9. The largest absolute Gasteiger partial charge is 0.497 e. The molecule has 0 aliphatic rings. The van der Waals surface area contributed by atoms with E-state index in [1.807, 2.05) is 24.3 Å². The van der Waals surface area contributed by atoms with Crippen molar-refractivity contribution in [2.45, 2.75) is 32.4 Å². The quantitative estimate of drug-likeness (QED) is 0.610. The predicted molar refractivity (Wildman–Crippen MR) is 107 cm³/mol. The topological polar surface area (TPSA) is 98.4 Å². The lowest BCUT2D eigenvalue weighted by Gasteiger charge is -2.23. The number of methoxy groups -OCH3 is 1. The molecule has 3 aromatic rings. The van der Waals surface area contributed by atoms with E-state index >= 15 is 0 Å². The van der Waals surface area contributed by atoms with Crippen molar-refractivity contribution in [3.8, 4) is 5.75 Å². The van der Waals surface area contributed by atoms with E-state index in [4.69, 9.17) is 9.15 Å². The van der Waals surface area contributed by atoms with Gasteiger partial charge in [0.25, 0.3) is 0 Å². The van der Waals surface area contributed by atoms with Gasteiger partial charge in [-0.25, -0.2) is 0 Å². The molecular formula is C21H24N4O4. The number of amides is 2. The first-order valence-corrected chi connectivity index (χ1v) is 9.17. The number of hydrogen-bond acceptors (Lipinski definition) is 5. The number of hydrogen-bond donors (Lipinski definition) is 2. The minimum atomic E-state index is -0.942. The molecule has 8 heteroatoms. The van der Waals surface area contributed by atoms with E-state index < -0.39 is 5.54 Å². The van der Waals surface area contributed by atoms with Crippen LogP contribution in [0.5, 0.6) is 5.75 Å². The molecule has 0 aliphatic carbocycles. The van der Waals surface area contributed by atoms with Crippen LogP contribution >= 0.6 is 0 Å². The van der Waals surface area contributed by atoms with Gasteiger partial charge in [-0.05, 0) is 43.7 Å². The van der Waals surface area contributed by atoms with Gasteiger partial charge >= 0.3 is 0 Å². The number of anilines is 1. The maximum atomic E-state index is 12.6. The van der Waals surface area contributed by atoms with Crippen LogP contribution in [0.15, 0.2) is 59.5 Å². The van der Waals surface area contributed by atoms with E-state index in [1.165, 1.54) is 10.9 Å². The zero-order valence-corrected chi connectivity index (χ0v) is 16.6. The molecule has 0 fully saturated rings. The van der Waals surface area contributed by atoms with Crippen LogP contribution in [-0.2, 0) is 28.1 Å². The molecule has 0 unspecified atom stereocenters. The highest BCUT2D eigenvalue weighted by Gasteiger charge is 2.30. The second-order valence-corrected chi connectivity index (χ2v) is 7.07. The molecule has 2 aromatic heterocycles. The maximum Gasteiger partial charge on any atom is 0.247 e. The third-order valence-electron chi connectivity index (χ3n) is 4.50. The van der Waals surface area contributed by atoms with Crippen molar-refractivity contribution in [3.63, 3.8) is 0 Å². The number of furan rings is 1. The molecular weight excluding hydrogens is 372 g/mol. The summed E-state index contributed by atoms with van der Waals surface area (Å²) in [6.45, 7) is 3.79. The predicted octanol–water partition coefficient (Wildman–Crippen LogP) is 2.72. The molecule has 0 saturated heterocycles.